The van der Waals surface area contributed by atoms with Crippen molar-refractivity contribution in [3.8, 4) is 11.5 Å². The summed E-state index contributed by atoms with van der Waals surface area (Å²) in [5.74, 6) is -0.0691. The standard InChI is InChI=1S/C26H24BrFN2O4/c1-3-33-22-12-7-17(13-23(22)34-4-2)26(32)30-15-24(31)29-21-11-8-18(27)14-20(21)25(30)16-5-9-19(28)10-6-16/h5-14,25H,3-4,15H2,1-2H3,(H,29,31). The summed E-state index contributed by atoms with van der Waals surface area (Å²) in [6.45, 7) is 4.40. The minimum absolute atomic E-state index is 0.176. The molecule has 3 aromatic carbocycles. The fourth-order valence-electron chi connectivity index (χ4n) is 4.02. The number of anilines is 1. The molecule has 2 amide bonds. The number of carbonyl (C=O) groups excluding carboxylic acids is 2. The number of hydrogen-bond donors (Lipinski definition) is 1. The summed E-state index contributed by atoms with van der Waals surface area (Å²) >= 11 is 3.49. The molecule has 0 saturated carbocycles. The molecule has 1 unspecified atom stereocenters. The highest BCUT2D eigenvalue weighted by Gasteiger charge is 2.34. The van der Waals surface area contributed by atoms with Crippen LogP contribution in [0.4, 0.5) is 10.1 Å². The van der Waals surface area contributed by atoms with Gasteiger partial charge < -0.3 is 19.7 Å². The molecule has 1 atom stereocenters. The lowest BCUT2D eigenvalue weighted by Crippen LogP contribution is -2.39. The number of hydrogen-bond acceptors (Lipinski definition) is 4. The van der Waals surface area contributed by atoms with E-state index in [9.17, 15) is 14.0 Å². The lowest BCUT2D eigenvalue weighted by atomic mass is 9.95. The Morgan fingerprint density at radius 2 is 1.74 bits per heavy atom. The number of nitrogens with one attached hydrogen (secondary N) is 1. The Kier molecular flexibility index (Phi) is 7.17. The minimum Gasteiger partial charge on any atom is -0.490 e. The van der Waals surface area contributed by atoms with Gasteiger partial charge in [-0.1, -0.05) is 28.1 Å². The predicted octanol–water partition coefficient (Wildman–Crippen LogP) is 5.57. The molecule has 0 aromatic heterocycles. The van der Waals surface area contributed by atoms with Crippen LogP contribution in [-0.2, 0) is 4.79 Å². The zero-order valence-corrected chi connectivity index (χ0v) is 20.4. The van der Waals surface area contributed by atoms with Crippen LogP contribution >= 0.6 is 15.9 Å². The SMILES string of the molecule is CCOc1ccc(C(=O)N2CC(=O)Nc3ccc(Br)cc3C2c2ccc(F)cc2)cc1OCC. The maximum absolute atomic E-state index is 13.8. The first-order valence-corrected chi connectivity index (χ1v) is 11.8. The van der Waals surface area contributed by atoms with E-state index in [1.54, 1.807) is 36.4 Å². The first-order valence-electron chi connectivity index (χ1n) is 11.0. The van der Waals surface area contributed by atoms with Crippen LogP contribution in [0.15, 0.2) is 65.1 Å². The number of amides is 2. The second-order valence-corrected chi connectivity index (χ2v) is 8.61. The van der Waals surface area contributed by atoms with Crippen molar-refractivity contribution in [2.45, 2.75) is 19.9 Å². The molecule has 1 heterocycles. The van der Waals surface area contributed by atoms with E-state index < -0.39 is 6.04 Å². The van der Waals surface area contributed by atoms with Gasteiger partial charge in [0.2, 0.25) is 5.91 Å². The van der Waals surface area contributed by atoms with Crippen molar-refractivity contribution in [1.29, 1.82) is 0 Å². The molecule has 6 nitrogen and oxygen atoms in total. The van der Waals surface area contributed by atoms with E-state index in [0.29, 0.717) is 41.5 Å². The topological polar surface area (TPSA) is 67.9 Å². The summed E-state index contributed by atoms with van der Waals surface area (Å²) in [5, 5.41) is 2.88. The number of fused-ring (bicyclic) bond motifs is 1. The van der Waals surface area contributed by atoms with Crippen LogP contribution < -0.4 is 14.8 Å². The molecule has 8 heteroatoms. The van der Waals surface area contributed by atoms with Gasteiger partial charge in [-0.15, -0.1) is 0 Å². The van der Waals surface area contributed by atoms with Gasteiger partial charge in [-0.25, -0.2) is 4.39 Å². The molecule has 3 aromatic rings. The third-order valence-corrected chi connectivity index (χ3v) is 5.94. The van der Waals surface area contributed by atoms with E-state index in [1.807, 2.05) is 26.0 Å². The number of rotatable bonds is 6. The van der Waals surface area contributed by atoms with Crippen LogP contribution in [0.2, 0.25) is 0 Å². The second kappa shape index (κ2) is 10.3. The quantitative estimate of drug-likeness (QED) is 0.455. The van der Waals surface area contributed by atoms with E-state index in [2.05, 4.69) is 21.2 Å². The third-order valence-electron chi connectivity index (χ3n) is 5.44. The normalized spacial score (nSPS) is 15.2. The van der Waals surface area contributed by atoms with Gasteiger partial charge in [0.05, 0.1) is 19.3 Å². The molecular formula is C26H24BrFN2O4. The highest BCUT2D eigenvalue weighted by molar-refractivity contribution is 9.10. The van der Waals surface area contributed by atoms with Crippen LogP contribution in [-0.4, -0.2) is 36.5 Å². The Bertz CT molecular complexity index is 1220. The second-order valence-electron chi connectivity index (χ2n) is 7.69. The van der Waals surface area contributed by atoms with Gasteiger partial charge in [-0.05, 0) is 67.9 Å². The molecule has 176 valence electrons. The molecule has 1 aliphatic heterocycles. The van der Waals surface area contributed by atoms with Crippen molar-refractivity contribution in [1.82, 2.24) is 4.90 Å². The molecule has 0 fully saturated rings. The third kappa shape index (κ3) is 4.92. The maximum atomic E-state index is 13.8. The van der Waals surface area contributed by atoms with Crippen LogP contribution in [0.1, 0.15) is 41.4 Å². The molecule has 1 aliphatic rings. The zero-order valence-electron chi connectivity index (χ0n) is 18.8. The van der Waals surface area contributed by atoms with Crippen LogP contribution in [0.3, 0.4) is 0 Å². The molecule has 0 radical (unpaired) electrons. The summed E-state index contributed by atoms with van der Waals surface area (Å²) in [6.07, 6.45) is 0. The summed E-state index contributed by atoms with van der Waals surface area (Å²) in [5.41, 5.74) is 2.35. The van der Waals surface area contributed by atoms with Crippen molar-refractivity contribution in [3.05, 3.63) is 87.6 Å². The van der Waals surface area contributed by atoms with Gasteiger partial charge in [-0.2, -0.15) is 0 Å². The Hall–Kier alpha value is -3.39. The van der Waals surface area contributed by atoms with Gasteiger partial charge in [0.15, 0.2) is 11.5 Å². The molecule has 0 saturated heterocycles. The largest absolute Gasteiger partial charge is 0.490 e. The van der Waals surface area contributed by atoms with Gasteiger partial charge >= 0.3 is 0 Å². The summed E-state index contributed by atoms with van der Waals surface area (Å²) in [4.78, 5) is 28.1. The fraction of sp³-hybridized carbons (Fsp3) is 0.231. The van der Waals surface area contributed by atoms with Crippen LogP contribution in [0, 0.1) is 5.82 Å². The highest BCUT2D eigenvalue weighted by Crippen LogP contribution is 2.39. The average Bonchev–Trinajstić information content (AvgIpc) is 2.96. The van der Waals surface area contributed by atoms with Crippen molar-refractivity contribution < 1.29 is 23.5 Å². The number of carbonyl (C=O) groups is 2. The fourth-order valence-corrected chi connectivity index (χ4v) is 4.40. The van der Waals surface area contributed by atoms with Crippen molar-refractivity contribution in [2.24, 2.45) is 0 Å². The number of halogens is 2. The molecule has 0 spiro atoms. The van der Waals surface area contributed by atoms with Gasteiger partial charge in [-0.3, -0.25) is 9.59 Å². The molecular weight excluding hydrogens is 503 g/mol. The lowest BCUT2D eigenvalue weighted by Gasteiger charge is -2.31. The van der Waals surface area contributed by atoms with Crippen molar-refractivity contribution in [2.75, 3.05) is 25.1 Å². The monoisotopic (exact) mass is 526 g/mol. The lowest BCUT2D eigenvalue weighted by molar-refractivity contribution is -0.117. The average molecular weight is 527 g/mol. The molecule has 4 rings (SSSR count). The van der Waals surface area contributed by atoms with Gasteiger partial charge in [0, 0.05) is 21.3 Å². The number of nitrogens with zero attached hydrogens (tertiary/aromatic N) is 1. The molecule has 34 heavy (non-hydrogen) atoms. The van der Waals surface area contributed by atoms with Crippen molar-refractivity contribution >= 4 is 33.4 Å². The van der Waals surface area contributed by atoms with Crippen LogP contribution in [0.25, 0.3) is 0 Å². The smallest absolute Gasteiger partial charge is 0.255 e. The van der Waals surface area contributed by atoms with E-state index in [4.69, 9.17) is 9.47 Å². The summed E-state index contributed by atoms with van der Waals surface area (Å²) < 4.78 is 25.8. The Balaban J connectivity index is 1.83. The Morgan fingerprint density at radius 1 is 1.03 bits per heavy atom. The minimum atomic E-state index is -0.623. The molecule has 1 N–H and O–H groups in total. The maximum Gasteiger partial charge on any atom is 0.255 e. The molecule has 0 bridgehead atoms. The predicted molar refractivity (Wildman–Crippen MR) is 131 cm³/mol. The molecule has 0 aliphatic carbocycles. The summed E-state index contributed by atoms with van der Waals surface area (Å²) in [7, 11) is 0. The summed E-state index contributed by atoms with van der Waals surface area (Å²) in [6, 6.07) is 15.8. The Morgan fingerprint density at radius 3 is 2.44 bits per heavy atom. The number of ether oxygens (including phenoxy) is 2. The van der Waals surface area contributed by atoms with E-state index >= 15 is 0 Å². The highest BCUT2D eigenvalue weighted by atomic mass is 79.9. The van der Waals surface area contributed by atoms with E-state index in [0.717, 1.165) is 10.0 Å². The Labute approximate surface area is 205 Å². The van der Waals surface area contributed by atoms with E-state index in [1.165, 1.54) is 17.0 Å². The van der Waals surface area contributed by atoms with Gasteiger partial charge in [0.25, 0.3) is 5.91 Å². The number of benzene rings is 3. The zero-order chi connectivity index (χ0) is 24.2. The van der Waals surface area contributed by atoms with Gasteiger partial charge in [0.1, 0.15) is 12.4 Å². The van der Waals surface area contributed by atoms with Crippen molar-refractivity contribution in [3.63, 3.8) is 0 Å². The van der Waals surface area contributed by atoms with E-state index in [-0.39, 0.29) is 24.2 Å². The van der Waals surface area contributed by atoms with Crippen LogP contribution in [0.5, 0.6) is 11.5 Å². The first kappa shape index (κ1) is 23.8. The first-order chi connectivity index (χ1) is 16.4.